The molecule has 1 saturated heterocycles. The van der Waals surface area contributed by atoms with Gasteiger partial charge in [0.25, 0.3) is 0 Å². The van der Waals surface area contributed by atoms with Gasteiger partial charge in [-0.15, -0.1) is 11.3 Å². The van der Waals surface area contributed by atoms with Crippen LogP contribution in [0.1, 0.15) is 31.2 Å². The fourth-order valence-corrected chi connectivity index (χ4v) is 4.60. The molecule has 0 saturated carbocycles. The lowest BCUT2D eigenvalue weighted by atomic mass is 10.1. The zero-order valence-electron chi connectivity index (χ0n) is 14.5. The zero-order valence-corrected chi connectivity index (χ0v) is 15.3. The summed E-state index contributed by atoms with van der Waals surface area (Å²) in [6.45, 7) is 5.20. The van der Waals surface area contributed by atoms with Crippen LogP contribution in [0.15, 0.2) is 12.4 Å². The number of nitrogens with zero attached hydrogens (tertiary/aromatic N) is 4. The molecule has 0 bridgehead atoms. The van der Waals surface area contributed by atoms with Gasteiger partial charge in [0.15, 0.2) is 0 Å². The molecule has 7 heteroatoms. The van der Waals surface area contributed by atoms with E-state index in [-0.39, 0.29) is 6.61 Å². The van der Waals surface area contributed by atoms with E-state index < -0.39 is 0 Å². The Hall–Kier alpha value is -1.99. The molecular formula is C18H23N5OS. The first-order valence-corrected chi connectivity index (χ1v) is 9.74. The third-order valence-electron chi connectivity index (χ3n) is 4.72. The highest BCUT2D eigenvalue weighted by Crippen LogP contribution is 2.38. The van der Waals surface area contributed by atoms with Crippen LogP contribution in [0, 0.1) is 6.92 Å². The molecular weight excluding hydrogens is 334 g/mol. The second kappa shape index (κ2) is 7.09. The average Bonchev–Trinajstić information content (AvgIpc) is 3.02. The number of aryl methyl sites for hydroxylation is 1. The topological polar surface area (TPSA) is 74.2 Å². The Labute approximate surface area is 150 Å². The standard InChI is InChI=1S/C18H23N5OS/c1-12-10-13(23-7-3-2-4-8-23)22-18-14(12)15-16(25-18)17(21-11-20-15)19-6-5-9-24/h10-11,24H,2-9H2,1H3,(H,19,20,21). The van der Waals surface area contributed by atoms with Crippen LogP contribution in [-0.4, -0.2) is 46.3 Å². The molecule has 0 atom stereocenters. The Morgan fingerprint density at radius 3 is 2.88 bits per heavy atom. The van der Waals surface area contributed by atoms with Crippen LogP contribution in [0.25, 0.3) is 20.4 Å². The van der Waals surface area contributed by atoms with Crippen molar-refractivity contribution >= 4 is 43.4 Å². The van der Waals surface area contributed by atoms with Crippen molar-refractivity contribution in [2.75, 3.05) is 36.5 Å². The van der Waals surface area contributed by atoms with E-state index in [1.165, 1.54) is 24.8 Å². The van der Waals surface area contributed by atoms with Crippen molar-refractivity contribution in [3.05, 3.63) is 18.0 Å². The number of aliphatic hydroxyl groups is 1. The summed E-state index contributed by atoms with van der Waals surface area (Å²) in [5, 5.41) is 13.4. The van der Waals surface area contributed by atoms with Crippen LogP contribution in [0.2, 0.25) is 0 Å². The first-order valence-electron chi connectivity index (χ1n) is 8.92. The predicted molar refractivity (Wildman–Crippen MR) is 104 cm³/mol. The molecule has 1 fully saturated rings. The van der Waals surface area contributed by atoms with Crippen molar-refractivity contribution < 1.29 is 5.11 Å². The molecule has 132 valence electrons. The van der Waals surface area contributed by atoms with E-state index in [0.29, 0.717) is 13.0 Å². The van der Waals surface area contributed by atoms with Gasteiger partial charge in [-0.25, -0.2) is 15.0 Å². The Balaban J connectivity index is 1.78. The number of hydrogen-bond acceptors (Lipinski definition) is 7. The average molecular weight is 357 g/mol. The SMILES string of the molecule is Cc1cc(N2CCCCC2)nc2sc3c(NCCCO)ncnc3c12. The van der Waals surface area contributed by atoms with Gasteiger partial charge >= 0.3 is 0 Å². The van der Waals surface area contributed by atoms with Crippen LogP contribution in [0.3, 0.4) is 0 Å². The number of nitrogens with one attached hydrogen (secondary N) is 1. The van der Waals surface area contributed by atoms with E-state index >= 15 is 0 Å². The highest BCUT2D eigenvalue weighted by atomic mass is 32.1. The lowest BCUT2D eigenvalue weighted by Gasteiger charge is -2.28. The van der Waals surface area contributed by atoms with Crippen molar-refractivity contribution in [3.8, 4) is 0 Å². The highest BCUT2D eigenvalue weighted by Gasteiger charge is 2.18. The van der Waals surface area contributed by atoms with Crippen LogP contribution >= 0.6 is 11.3 Å². The summed E-state index contributed by atoms with van der Waals surface area (Å²) in [5.74, 6) is 1.92. The number of rotatable bonds is 5. The zero-order chi connectivity index (χ0) is 17.2. The Kier molecular flexibility index (Phi) is 4.67. The van der Waals surface area contributed by atoms with Gasteiger partial charge in [-0.1, -0.05) is 0 Å². The largest absolute Gasteiger partial charge is 0.396 e. The number of pyridine rings is 1. The van der Waals surface area contributed by atoms with Crippen molar-refractivity contribution in [3.63, 3.8) is 0 Å². The molecule has 3 aromatic heterocycles. The summed E-state index contributed by atoms with van der Waals surface area (Å²) in [6, 6.07) is 2.20. The summed E-state index contributed by atoms with van der Waals surface area (Å²) >= 11 is 1.65. The molecule has 4 rings (SSSR count). The van der Waals surface area contributed by atoms with Gasteiger partial charge in [0, 0.05) is 31.6 Å². The molecule has 0 unspecified atom stereocenters. The maximum atomic E-state index is 8.98. The molecule has 1 aliphatic rings. The molecule has 6 nitrogen and oxygen atoms in total. The van der Waals surface area contributed by atoms with Crippen molar-refractivity contribution in [2.45, 2.75) is 32.6 Å². The van der Waals surface area contributed by atoms with Crippen LogP contribution in [0.5, 0.6) is 0 Å². The fourth-order valence-electron chi connectivity index (χ4n) is 3.43. The van der Waals surface area contributed by atoms with E-state index in [9.17, 15) is 0 Å². The maximum absolute atomic E-state index is 8.98. The molecule has 0 radical (unpaired) electrons. The van der Waals surface area contributed by atoms with Gasteiger partial charge in [-0.2, -0.15) is 0 Å². The van der Waals surface area contributed by atoms with E-state index in [4.69, 9.17) is 10.1 Å². The summed E-state index contributed by atoms with van der Waals surface area (Å²) in [6.07, 6.45) is 6.12. The summed E-state index contributed by atoms with van der Waals surface area (Å²) in [5.41, 5.74) is 2.19. The number of fused-ring (bicyclic) bond motifs is 3. The number of aromatic nitrogens is 3. The molecule has 0 spiro atoms. The lowest BCUT2D eigenvalue weighted by molar-refractivity contribution is 0.292. The molecule has 0 aliphatic carbocycles. The van der Waals surface area contributed by atoms with Gasteiger partial charge in [0.2, 0.25) is 0 Å². The lowest BCUT2D eigenvalue weighted by Crippen LogP contribution is -2.30. The van der Waals surface area contributed by atoms with Gasteiger partial charge < -0.3 is 15.3 Å². The smallest absolute Gasteiger partial charge is 0.147 e. The minimum Gasteiger partial charge on any atom is -0.396 e. The van der Waals surface area contributed by atoms with E-state index in [1.54, 1.807) is 17.7 Å². The van der Waals surface area contributed by atoms with Crippen LogP contribution in [-0.2, 0) is 0 Å². The van der Waals surface area contributed by atoms with Crippen LogP contribution in [0.4, 0.5) is 11.6 Å². The third-order valence-corrected chi connectivity index (χ3v) is 5.80. The second-order valence-corrected chi connectivity index (χ2v) is 7.53. The molecule has 0 amide bonds. The van der Waals surface area contributed by atoms with E-state index in [1.807, 2.05) is 0 Å². The minimum absolute atomic E-state index is 0.174. The monoisotopic (exact) mass is 357 g/mol. The highest BCUT2D eigenvalue weighted by molar-refractivity contribution is 7.26. The van der Waals surface area contributed by atoms with Crippen LogP contribution < -0.4 is 10.2 Å². The summed E-state index contributed by atoms with van der Waals surface area (Å²) < 4.78 is 1.04. The fraction of sp³-hybridized carbons (Fsp3) is 0.500. The van der Waals surface area contributed by atoms with Crippen molar-refractivity contribution in [1.29, 1.82) is 0 Å². The van der Waals surface area contributed by atoms with E-state index in [0.717, 1.165) is 45.2 Å². The van der Waals surface area contributed by atoms with Gasteiger partial charge in [-0.05, 0) is 44.2 Å². The molecule has 3 aromatic rings. The predicted octanol–water partition coefficient (Wildman–Crippen LogP) is 3.33. The quantitative estimate of drug-likeness (QED) is 0.682. The first-order chi connectivity index (χ1) is 12.3. The van der Waals surface area contributed by atoms with Gasteiger partial charge in [-0.3, -0.25) is 0 Å². The Morgan fingerprint density at radius 2 is 2.08 bits per heavy atom. The molecule has 1 aliphatic heterocycles. The molecule has 25 heavy (non-hydrogen) atoms. The van der Waals surface area contributed by atoms with Gasteiger partial charge in [0.05, 0.1) is 10.2 Å². The third kappa shape index (κ3) is 3.14. The van der Waals surface area contributed by atoms with Crippen molar-refractivity contribution in [2.24, 2.45) is 0 Å². The summed E-state index contributed by atoms with van der Waals surface area (Å²) in [4.78, 5) is 17.3. The van der Waals surface area contributed by atoms with Crippen molar-refractivity contribution in [1.82, 2.24) is 15.0 Å². The summed E-state index contributed by atoms with van der Waals surface area (Å²) in [7, 11) is 0. The molecule has 2 N–H and O–H groups in total. The Bertz CT molecular complexity index is 888. The second-order valence-electron chi connectivity index (χ2n) is 6.53. The number of thiophene rings is 1. The Morgan fingerprint density at radius 1 is 1.24 bits per heavy atom. The first kappa shape index (κ1) is 16.5. The number of piperidine rings is 1. The minimum atomic E-state index is 0.174. The normalized spacial score (nSPS) is 15.2. The number of aliphatic hydroxyl groups excluding tert-OH is 1. The van der Waals surface area contributed by atoms with Gasteiger partial charge in [0.1, 0.15) is 22.8 Å². The molecule has 4 heterocycles. The molecule has 0 aromatic carbocycles. The van der Waals surface area contributed by atoms with E-state index in [2.05, 4.69) is 33.2 Å². The maximum Gasteiger partial charge on any atom is 0.147 e. The number of anilines is 2. The number of hydrogen-bond donors (Lipinski definition) is 2.